The fourth-order valence-electron chi connectivity index (χ4n) is 3.17. The quantitative estimate of drug-likeness (QED) is 0.318. The number of nitrogens with zero attached hydrogens (tertiary/aromatic N) is 3. The molecule has 0 unspecified atom stereocenters. The first-order valence-electron chi connectivity index (χ1n) is 10.5. The Morgan fingerprint density at radius 3 is 2.50 bits per heavy atom. The first-order valence-corrected chi connectivity index (χ1v) is 11.5. The van der Waals surface area contributed by atoms with Crippen LogP contribution in [0, 0.1) is 5.82 Å². The number of benzene rings is 2. The summed E-state index contributed by atoms with van der Waals surface area (Å²) in [4.78, 5) is 24.8. The third-order valence-electron chi connectivity index (χ3n) is 4.81. The molecule has 0 spiro atoms. The molecule has 2 amide bonds. The van der Waals surface area contributed by atoms with Gasteiger partial charge in [-0.2, -0.15) is 0 Å². The predicted molar refractivity (Wildman–Crippen MR) is 129 cm³/mol. The van der Waals surface area contributed by atoms with Gasteiger partial charge in [-0.1, -0.05) is 30.0 Å². The Kier molecular flexibility index (Phi) is 8.80. The molecule has 178 valence electrons. The number of methoxy groups -OCH3 is 1. The highest BCUT2D eigenvalue weighted by molar-refractivity contribution is 7.99. The van der Waals surface area contributed by atoms with Gasteiger partial charge in [-0.3, -0.25) is 9.59 Å². The second kappa shape index (κ2) is 12.0. The minimum atomic E-state index is -0.402. The number of thioether (sulfide) groups is 1. The molecule has 1 atom stereocenters. The van der Waals surface area contributed by atoms with Crippen LogP contribution in [-0.2, 0) is 22.6 Å². The highest BCUT2D eigenvalue weighted by Crippen LogP contribution is 2.21. The van der Waals surface area contributed by atoms with E-state index in [9.17, 15) is 14.0 Å². The lowest BCUT2D eigenvalue weighted by atomic mass is 10.1. The summed E-state index contributed by atoms with van der Waals surface area (Å²) in [5.41, 5.74) is 1.37. The van der Waals surface area contributed by atoms with Gasteiger partial charge in [0.15, 0.2) is 11.0 Å². The number of nitrogens with one attached hydrogen (secondary N) is 2. The van der Waals surface area contributed by atoms with Crippen LogP contribution in [0.2, 0.25) is 0 Å². The third kappa shape index (κ3) is 6.92. The summed E-state index contributed by atoms with van der Waals surface area (Å²) >= 11 is 1.21. The molecular weight excluding hydrogens is 457 g/mol. The summed E-state index contributed by atoms with van der Waals surface area (Å²) < 4.78 is 20.0. The van der Waals surface area contributed by atoms with Crippen LogP contribution in [0.1, 0.15) is 24.4 Å². The van der Waals surface area contributed by atoms with Crippen molar-refractivity contribution in [1.82, 2.24) is 20.1 Å². The van der Waals surface area contributed by atoms with Crippen molar-refractivity contribution in [2.45, 2.75) is 31.1 Å². The second-order valence-electron chi connectivity index (χ2n) is 7.40. The molecule has 0 saturated heterocycles. The van der Waals surface area contributed by atoms with Crippen molar-refractivity contribution in [2.24, 2.45) is 0 Å². The Bertz CT molecular complexity index is 1130. The number of ether oxygens (including phenoxy) is 1. The van der Waals surface area contributed by atoms with Crippen molar-refractivity contribution in [3.05, 3.63) is 78.4 Å². The molecule has 2 aromatic carbocycles. The molecule has 0 radical (unpaired) electrons. The molecule has 0 saturated carbocycles. The Morgan fingerprint density at radius 2 is 1.85 bits per heavy atom. The zero-order chi connectivity index (χ0) is 24.5. The SMILES string of the molecule is C=CCn1c(SCC(=O)Nc2ccc(F)cc2)nnc1[C@H](C)NC(=O)Cc1ccc(OC)cc1. The predicted octanol–water partition coefficient (Wildman–Crippen LogP) is 3.76. The van der Waals surface area contributed by atoms with E-state index in [1.807, 2.05) is 31.2 Å². The number of hydrogen-bond acceptors (Lipinski definition) is 6. The molecule has 8 nitrogen and oxygen atoms in total. The summed E-state index contributed by atoms with van der Waals surface area (Å²) in [6.07, 6.45) is 1.91. The van der Waals surface area contributed by atoms with Gasteiger partial charge >= 0.3 is 0 Å². The van der Waals surface area contributed by atoms with Crippen molar-refractivity contribution in [2.75, 3.05) is 18.2 Å². The number of halogens is 1. The fraction of sp³-hybridized carbons (Fsp3) is 0.250. The van der Waals surface area contributed by atoms with E-state index in [2.05, 4.69) is 27.4 Å². The monoisotopic (exact) mass is 483 g/mol. The van der Waals surface area contributed by atoms with Crippen LogP contribution in [0.25, 0.3) is 0 Å². The van der Waals surface area contributed by atoms with E-state index in [0.717, 1.165) is 11.3 Å². The fourth-order valence-corrected chi connectivity index (χ4v) is 3.93. The molecule has 3 aromatic rings. The summed E-state index contributed by atoms with van der Waals surface area (Å²) in [6, 6.07) is 12.4. The molecular formula is C24H26FN5O3S. The van der Waals surface area contributed by atoms with Crippen LogP contribution in [0.5, 0.6) is 5.75 Å². The number of hydrogen-bond donors (Lipinski definition) is 2. The molecule has 0 fully saturated rings. The molecule has 1 heterocycles. The molecule has 1 aromatic heterocycles. The maximum Gasteiger partial charge on any atom is 0.234 e. The number of carbonyl (C=O) groups excluding carboxylic acids is 2. The lowest BCUT2D eigenvalue weighted by Gasteiger charge is -2.15. The number of anilines is 1. The number of carbonyl (C=O) groups is 2. The molecule has 0 aliphatic carbocycles. The zero-order valence-corrected chi connectivity index (χ0v) is 19.8. The normalized spacial score (nSPS) is 11.5. The minimum Gasteiger partial charge on any atom is -0.497 e. The summed E-state index contributed by atoms with van der Waals surface area (Å²) in [6.45, 7) is 6.02. The highest BCUT2D eigenvalue weighted by Gasteiger charge is 2.20. The van der Waals surface area contributed by atoms with Gasteiger partial charge in [0.25, 0.3) is 0 Å². The molecule has 2 N–H and O–H groups in total. The van der Waals surface area contributed by atoms with Gasteiger partial charge in [0.2, 0.25) is 11.8 Å². The standard InChI is InChI=1S/C24H26FN5O3S/c1-4-13-30-23(16(2)26-21(31)14-17-5-11-20(33-3)12-6-17)28-29-24(30)34-15-22(32)27-19-9-7-18(25)8-10-19/h4-12,16H,1,13-15H2,2-3H3,(H,26,31)(H,27,32)/t16-/m0/s1. The molecule has 34 heavy (non-hydrogen) atoms. The van der Waals surface area contributed by atoms with E-state index < -0.39 is 6.04 Å². The molecule has 3 rings (SSSR count). The van der Waals surface area contributed by atoms with Crippen LogP contribution >= 0.6 is 11.8 Å². The van der Waals surface area contributed by atoms with E-state index in [1.54, 1.807) is 17.8 Å². The van der Waals surface area contributed by atoms with Crippen molar-refractivity contribution >= 4 is 29.3 Å². The van der Waals surface area contributed by atoms with E-state index in [0.29, 0.717) is 23.2 Å². The number of allylic oxidation sites excluding steroid dienone is 1. The molecule has 10 heteroatoms. The smallest absolute Gasteiger partial charge is 0.234 e. The van der Waals surface area contributed by atoms with Gasteiger partial charge in [-0.25, -0.2) is 4.39 Å². The first-order chi connectivity index (χ1) is 16.4. The second-order valence-corrected chi connectivity index (χ2v) is 8.34. The van der Waals surface area contributed by atoms with Crippen LogP contribution in [0.3, 0.4) is 0 Å². The van der Waals surface area contributed by atoms with Crippen molar-refractivity contribution in [3.8, 4) is 5.75 Å². The van der Waals surface area contributed by atoms with Crippen molar-refractivity contribution < 1.29 is 18.7 Å². The van der Waals surface area contributed by atoms with Crippen LogP contribution in [0.15, 0.2) is 66.3 Å². The maximum absolute atomic E-state index is 13.0. The van der Waals surface area contributed by atoms with Crippen molar-refractivity contribution in [1.29, 1.82) is 0 Å². The van der Waals surface area contributed by atoms with Crippen LogP contribution in [0.4, 0.5) is 10.1 Å². The van der Waals surface area contributed by atoms with Crippen LogP contribution in [-0.4, -0.2) is 39.4 Å². The maximum atomic E-state index is 13.0. The molecule has 0 bridgehead atoms. The average Bonchev–Trinajstić information content (AvgIpc) is 3.22. The van der Waals surface area contributed by atoms with E-state index in [1.165, 1.54) is 36.0 Å². The minimum absolute atomic E-state index is 0.0882. The first kappa shape index (κ1) is 25.0. The highest BCUT2D eigenvalue weighted by atomic mass is 32.2. The largest absolute Gasteiger partial charge is 0.497 e. The number of aromatic nitrogens is 3. The van der Waals surface area contributed by atoms with Crippen molar-refractivity contribution in [3.63, 3.8) is 0 Å². The van der Waals surface area contributed by atoms with Gasteiger partial charge in [-0.15, -0.1) is 16.8 Å². The van der Waals surface area contributed by atoms with Crippen LogP contribution < -0.4 is 15.4 Å². The Balaban J connectivity index is 1.60. The Hall–Kier alpha value is -3.66. The topological polar surface area (TPSA) is 98.1 Å². The Morgan fingerprint density at radius 1 is 1.15 bits per heavy atom. The summed E-state index contributed by atoms with van der Waals surface area (Å²) in [7, 11) is 1.59. The lowest BCUT2D eigenvalue weighted by Crippen LogP contribution is -2.30. The van der Waals surface area contributed by atoms with Gasteiger partial charge in [-0.05, 0) is 48.9 Å². The van der Waals surface area contributed by atoms with Gasteiger partial charge < -0.3 is 19.9 Å². The zero-order valence-electron chi connectivity index (χ0n) is 19.0. The van der Waals surface area contributed by atoms with E-state index in [4.69, 9.17) is 4.74 Å². The van der Waals surface area contributed by atoms with E-state index in [-0.39, 0.29) is 29.8 Å². The summed E-state index contributed by atoms with van der Waals surface area (Å²) in [5, 5.41) is 14.6. The molecule has 0 aliphatic heterocycles. The van der Waals surface area contributed by atoms with Gasteiger partial charge in [0, 0.05) is 12.2 Å². The third-order valence-corrected chi connectivity index (χ3v) is 5.77. The van der Waals surface area contributed by atoms with Gasteiger partial charge in [0.05, 0.1) is 25.3 Å². The molecule has 0 aliphatic rings. The number of rotatable bonds is 11. The summed E-state index contributed by atoms with van der Waals surface area (Å²) in [5.74, 6) is 0.592. The average molecular weight is 484 g/mol. The van der Waals surface area contributed by atoms with E-state index >= 15 is 0 Å². The lowest BCUT2D eigenvalue weighted by molar-refractivity contribution is -0.121. The number of amides is 2. The Labute approximate surface area is 201 Å². The van der Waals surface area contributed by atoms with Gasteiger partial charge in [0.1, 0.15) is 11.6 Å².